The molecule has 0 saturated carbocycles. The molecule has 3 nitrogen and oxygen atoms in total. The molecule has 0 aromatic carbocycles. The van der Waals surface area contributed by atoms with E-state index in [0.29, 0.717) is 0 Å². The molecule has 0 amide bonds. The van der Waals surface area contributed by atoms with Gasteiger partial charge in [0, 0.05) is 18.3 Å². The second-order valence-corrected chi connectivity index (χ2v) is 3.81. The molecule has 15 heavy (non-hydrogen) atoms. The number of nitrogens with one attached hydrogen (secondary N) is 1. The van der Waals surface area contributed by atoms with Crippen LogP contribution >= 0.6 is 0 Å². The summed E-state index contributed by atoms with van der Waals surface area (Å²) in [5, 5.41) is 3.26. The Morgan fingerprint density at radius 3 is 2.73 bits per heavy atom. The van der Waals surface area contributed by atoms with E-state index in [1.54, 1.807) is 0 Å². The van der Waals surface area contributed by atoms with Gasteiger partial charge in [0.2, 0.25) is 0 Å². The Balaban J connectivity index is 2.68. The molecule has 0 aliphatic heterocycles. The zero-order chi connectivity index (χ0) is 11.3. The molecular formula is C12H19N3. The number of rotatable bonds is 4. The van der Waals surface area contributed by atoms with Gasteiger partial charge in [-0.15, -0.1) is 0 Å². The summed E-state index contributed by atoms with van der Waals surface area (Å²) in [7, 11) is 0. The van der Waals surface area contributed by atoms with Crippen molar-refractivity contribution in [1.82, 2.24) is 9.97 Å². The van der Waals surface area contributed by atoms with Crippen LogP contribution in [0.1, 0.15) is 32.3 Å². The Hall–Kier alpha value is -1.38. The SMILES string of the molecule is CCc1cc(NCC=C(C)C)nc(C)n1. The lowest BCUT2D eigenvalue weighted by atomic mass is 10.3. The lowest BCUT2D eigenvalue weighted by Crippen LogP contribution is -2.04. The number of hydrogen-bond acceptors (Lipinski definition) is 3. The average Bonchev–Trinajstić information content (AvgIpc) is 2.16. The van der Waals surface area contributed by atoms with E-state index < -0.39 is 0 Å². The van der Waals surface area contributed by atoms with Crippen molar-refractivity contribution in [2.45, 2.75) is 34.1 Å². The van der Waals surface area contributed by atoms with Crippen molar-refractivity contribution in [3.8, 4) is 0 Å². The Labute approximate surface area is 91.7 Å². The zero-order valence-corrected chi connectivity index (χ0v) is 9.96. The summed E-state index contributed by atoms with van der Waals surface area (Å²) in [6, 6.07) is 2.01. The molecule has 1 N–H and O–H groups in total. The highest BCUT2D eigenvalue weighted by Gasteiger charge is 1.98. The van der Waals surface area contributed by atoms with E-state index in [-0.39, 0.29) is 0 Å². The van der Waals surface area contributed by atoms with Gasteiger partial charge in [0.25, 0.3) is 0 Å². The summed E-state index contributed by atoms with van der Waals surface area (Å²) < 4.78 is 0. The predicted molar refractivity (Wildman–Crippen MR) is 64.1 cm³/mol. The fourth-order valence-corrected chi connectivity index (χ4v) is 1.26. The first-order valence-corrected chi connectivity index (χ1v) is 5.33. The Morgan fingerprint density at radius 2 is 2.13 bits per heavy atom. The minimum atomic E-state index is 0.821. The van der Waals surface area contributed by atoms with Gasteiger partial charge in [0.15, 0.2) is 0 Å². The fraction of sp³-hybridized carbons (Fsp3) is 0.500. The highest BCUT2D eigenvalue weighted by atomic mass is 15.0. The first-order valence-electron chi connectivity index (χ1n) is 5.33. The predicted octanol–water partition coefficient (Wildman–Crippen LogP) is 2.73. The third-order valence-corrected chi connectivity index (χ3v) is 2.05. The first-order chi connectivity index (χ1) is 7.11. The minimum Gasteiger partial charge on any atom is -0.366 e. The van der Waals surface area contributed by atoms with E-state index in [4.69, 9.17) is 0 Å². The molecule has 1 heterocycles. The van der Waals surface area contributed by atoms with E-state index in [9.17, 15) is 0 Å². The maximum atomic E-state index is 4.33. The summed E-state index contributed by atoms with van der Waals surface area (Å²) in [5.74, 6) is 1.74. The Morgan fingerprint density at radius 1 is 1.40 bits per heavy atom. The second kappa shape index (κ2) is 5.49. The molecule has 0 aliphatic carbocycles. The van der Waals surface area contributed by atoms with Crippen molar-refractivity contribution < 1.29 is 0 Å². The molecule has 0 spiro atoms. The second-order valence-electron chi connectivity index (χ2n) is 3.81. The molecule has 0 aliphatic rings. The molecule has 0 unspecified atom stereocenters. The first kappa shape index (κ1) is 11.7. The topological polar surface area (TPSA) is 37.8 Å². The summed E-state index contributed by atoms with van der Waals surface area (Å²) in [5.41, 5.74) is 2.39. The molecule has 82 valence electrons. The molecule has 0 atom stereocenters. The lowest BCUT2D eigenvalue weighted by molar-refractivity contribution is 0.948. The van der Waals surface area contributed by atoms with E-state index in [1.807, 2.05) is 13.0 Å². The Bertz CT molecular complexity index is 352. The number of nitrogens with zero attached hydrogens (tertiary/aromatic N) is 2. The number of anilines is 1. The molecule has 3 heteroatoms. The monoisotopic (exact) mass is 205 g/mol. The Kier molecular flexibility index (Phi) is 4.28. The van der Waals surface area contributed by atoms with E-state index in [0.717, 1.165) is 30.3 Å². The summed E-state index contributed by atoms with van der Waals surface area (Å²) in [6.45, 7) is 9.02. The maximum absolute atomic E-state index is 4.33. The van der Waals surface area contributed by atoms with Crippen LogP contribution in [-0.2, 0) is 6.42 Å². The van der Waals surface area contributed by atoms with Gasteiger partial charge in [0.1, 0.15) is 11.6 Å². The van der Waals surface area contributed by atoms with Gasteiger partial charge in [-0.2, -0.15) is 0 Å². The van der Waals surface area contributed by atoms with Gasteiger partial charge in [-0.1, -0.05) is 18.6 Å². The largest absolute Gasteiger partial charge is 0.366 e. The smallest absolute Gasteiger partial charge is 0.130 e. The standard InChI is InChI=1S/C12H19N3/c1-5-11-8-12(15-10(4)14-11)13-7-6-9(2)3/h6,8H,5,7H2,1-4H3,(H,13,14,15). The van der Waals surface area contributed by atoms with Crippen LogP contribution in [0, 0.1) is 6.92 Å². The number of aryl methyl sites for hydroxylation is 2. The molecule has 1 aromatic heterocycles. The van der Waals surface area contributed by atoms with Crippen LogP contribution in [0.4, 0.5) is 5.82 Å². The van der Waals surface area contributed by atoms with Crippen molar-refractivity contribution in [2.75, 3.05) is 11.9 Å². The zero-order valence-electron chi connectivity index (χ0n) is 9.96. The minimum absolute atomic E-state index is 0.821. The molecular weight excluding hydrogens is 186 g/mol. The maximum Gasteiger partial charge on any atom is 0.130 e. The number of aromatic nitrogens is 2. The van der Waals surface area contributed by atoms with Crippen LogP contribution in [-0.4, -0.2) is 16.5 Å². The van der Waals surface area contributed by atoms with Crippen molar-refractivity contribution >= 4 is 5.82 Å². The fourth-order valence-electron chi connectivity index (χ4n) is 1.26. The van der Waals surface area contributed by atoms with Gasteiger partial charge in [-0.3, -0.25) is 0 Å². The molecule has 1 rings (SSSR count). The van der Waals surface area contributed by atoms with Crippen molar-refractivity contribution in [3.63, 3.8) is 0 Å². The average molecular weight is 205 g/mol. The van der Waals surface area contributed by atoms with E-state index in [1.165, 1.54) is 5.57 Å². The van der Waals surface area contributed by atoms with Crippen LogP contribution in [0.5, 0.6) is 0 Å². The molecule has 0 radical (unpaired) electrons. The van der Waals surface area contributed by atoms with Gasteiger partial charge in [-0.05, 0) is 27.2 Å². The third-order valence-electron chi connectivity index (χ3n) is 2.05. The highest BCUT2D eigenvalue weighted by Crippen LogP contribution is 2.06. The summed E-state index contributed by atoms with van der Waals surface area (Å²) >= 11 is 0. The highest BCUT2D eigenvalue weighted by molar-refractivity contribution is 5.36. The molecule has 0 fully saturated rings. The van der Waals surface area contributed by atoms with Crippen molar-refractivity contribution in [2.24, 2.45) is 0 Å². The van der Waals surface area contributed by atoms with E-state index >= 15 is 0 Å². The summed E-state index contributed by atoms with van der Waals surface area (Å²) in [4.78, 5) is 8.66. The van der Waals surface area contributed by atoms with E-state index in [2.05, 4.69) is 42.1 Å². The van der Waals surface area contributed by atoms with Gasteiger partial charge < -0.3 is 5.32 Å². The number of allylic oxidation sites excluding steroid dienone is 1. The quantitative estimate of drug-likeness (QED) is 0.768. The van der Waals surface area contributed by atoms with Crippen LogP contribution < -0.4 is 5.32 Å². The summed E-state index contributed by atoms with van der Waals surface area (Å²) in [6.07, 6.45) is 3.09. The molecule has 0 bridgehead atoms. The van der Waals surface area contributed by atoms with Gasteiger partial charge in [0.05, 0.1) is 0 Å². The molecule has 0 saturated heterocycles. The van der Waals surface area contributed by atoms with Crippen LogP contribution in [0.25, 0.3) is 0 Å². The van der Waals surface area contributed by atoms with Crippen LogP contribution in [0.3, 0.4) is 0 Å². The van der Waals surface area contributed by atoms with Crippen LogP contribution in [0.15, 0.2) is 17.7 Å². The van der Waals surface area contributed by atoms with Crippen molar-refractivity contribution in [3.05, 3.63) is 29.2 Å². The van der Waals surface area contributed by atoms with Gasteiger partial charge >= 0.3 is 0 Å². The third kappa shape index (κ3) is 4.11. The normalized spacial score (nSPS) is 9.87. The lowest BCUT2D eigenvalue weighted by Gasteiger charge is -2.05. The van der Waals surface area contributed by atoms with Gasteiger partial charge in [-0.25, -0.2) is 9.97 Å². The number of hydrogen-bond donors (Lipinski definition) is 1. The molecule has 1 aromatic rings. The van der Waals surface area contributed by atoms with Crippen molar-refractivity contribution in [1.29, 1.82) is 0 Å². The van der Waals surface area contributed by atoms with Crippen LogP contribution in [0.2, 0.25) is 0 Å².